The zero-order valence-electron chi connectivity index (χ0n) is 20.0. The van der Waals surface area contributed by atoms with Gasteiger partial charge in [0, 0.05) is 12.2 Å². The van der Waals surface area contributed by atoms with E-state index in [2.05, 4.69) is 43.6 Å². The molecule has 2 saturated carbocycles. The first-order valence-electron chi connectivity index (χ1n) is 12.2. The van der Waals surface area contributed by atoms with Crippen molar-refractivity contribution in [2.45, 2.75) is 89.9 Å². The van der Waals surface area contributed by atoms with E-state index >= 15 is 0 Å². The molecule has 0 amide bonds. The van der Waals surface area contributed by atoms with Crippen LogP contribution in [0.15, 0.2) is 47.1 Å². The molecule has 0 aromatic heterocycles. The first kappa shape index (κ1) is 25.4. The largest absolute Gasteiger partial charge is 0.393 e. The van der Waals surface area contributed by atoms with E-state index in [9.17, 15) is 15.3 Å². The maximum absolute atomic E-state index is 10.3. The van der Waals surface area contributed by atoms with Gasteiger partial charge in [-0.1, -0.05) is 68.6 Å². The Morgan fingerprint density at radius 1 is 1.28 bits per heavy atom. The van der Waals surface area contributed by atoms with Crippen molar-refractivity contribution in [1.29, 1.82) is 0 Å². The number of rotatable bonds is 6. The van der Waals surface area contributed by atoms with Crippen LogP contribution >= 0.6 is 11.8 Å². The number of hydrogen-bond acceptors (Lipinski definition) is 4. The van der Waals surface area contributed by atoms with Crippen molar-refractivity contribution in [2.24, 2.45) is 11.3 Å². The summed E-state index contributed by atoms with van der Waals surface area (Å²) < 4.78 is 0. The minimum atomic E-state index is -0.836. The highest BCUT2D eigenvalue weighted by Gasteiger charge is 2.44. The summed E-state index contributed by atoms with van der Waals surface area (Å²) in [5, 5.41) is 30.5. The summed E-state index contributed by atoms with van der Waals surface area (Å²) >= 11 is 1.85. The van der Waals surface area contributed by atoms with E-state index in [4.69, 9.17) is 0 Å². The first-order valence-corrected chi connectivity index (χ1v) is 13.3. The van der Waals surface area contributed by atoms with Gasteiger partial charge in [-0.05, 0) is 67.4 Å². The summed E-state index contributed by atoms with van der Waals surface area (Å²) in [4.78, 5) is 0. The molecule has 4 heteroatoms. The molecule has 32 heavy (non-hydrogen) atoms. The van der Waals surface area contributed by atoms with Gasteiger partial charge in [0.2, 0.25) is 0 Å². The Bertz CT molecular complexity index is 852. The highest BCUT2D eigenvalue weighted by Crippen LogP contribution is 2.55. The Morgan fingerprint density at radius 2 is 2.03 bits per heavy atom. The average molecular weight is 457 g/mol. The Labute approximate surface area is 198 Å². The van der Waals surface area contributed by atoms with Gasteiger partial charge < -0.3 is 15.3 Å². The van der Waals surface area contributed by atoms with Crippen LogP contribution < -0.4 is 0 Å². The third-order valence-electron chi connectivity index (χ3n) is 7.90. The molecule has 4 atom stereocenters. The first-order chi connectivity index (χ1) is 15.2. The molecule has 2 fully saturated rings. The number of aliphatic hydroxyl groups excluding tert-OH is 2. The van der Waals surface area contributed by atoms with Crippen LogP contribution in [0.2, 0.25) is 0 Å². The van der Waals surface area contributed by atoms with Crippen molar-refractivity contribution in [3.8, 4) is 11.8 Å². The monoisotopic (exact) mass is 456 g/mol. The van der Waals surface area contributed by atoms with E-state index in [0.29, 0.717) is 31.6 Å². The summed E-state index contributed by atoms with van der Waals surface area (Å²) in [6.45, 7) is 10.4. The second-order valence-corrected chi connectivity index (χ2v) is 10.9. The molecule has 3 aliphatic rings. The SMILES string of the molecule is C=C1C(=CC=C2CCC[C@]3(C)C(CSCC#CC(O)(CC)CC)=CC[C@@H]23)C[C@@H](O)C[C@@H]1O. The third kappa shape index (κ3) is 5.62. The molecule has 0 aromatic carbocycles. The van der Waals surface area contributed by atoms with E-state index in [1.807, 2.05) is 25.6 Å². The molecular formula is C28H40O3S. The van der Waals surface area contributed by atoms with Gasteiger partial charge in [0.25, 0.3) is 0 Å². The number of thioether (sulfide) groups is 1. The van der Waals surface area contributed by atoms with Crippen molar-refractivity contribution in [2.75, 3.05) is 11.5 Å². The van der Waals surface area contributed by atoms with Crippen molar-refractivity contribution < 1.29 is 15.3 Å². The van der Waals surface area contributed by atoms with E-state index < -0.39 is 17.8 Å². The van der Waals surface area contributed by atoms with Crippen LogP contribution in [0.5, 0.6) is 0 Å². The van der Waals surface area contributed by atoms with Crippen LogP contribution in [-0.4, -0.2) is 44.6 Å². The topological polar surface area (TPSA) is 60.7 Å². The Balaban J connectivity index is 1.63. The molecule has 3 aliphatic carbocycles. The fourth-order valence-corrected chi connectivity index (χ4v) is 6.38. The summed E-state index contributed by atoms with van der Waals surface area (Å²) in [6, 6.07) is 0. The molecular weight excluding hydrogens is 416 g/mol. The summed E-state index contributed by atoms with van der Waals surface area (Å²) in [7, 11) is 0. The molecule has 3 rings (SSSR count). The van der Waals surface area contributed by atoms with Crippen LogP contribution in [0.25, 0.3) is 0 Å². The summed E-state index contributed by atoms with van der Waals surface area (Å²) in [5.74, 6) is 8.53. The molecule has 0 aromatic rings. The zero-order valence-corrected chi connectivity index (χ0v) is 20.8. The van der Waals surface area contributed by atoms with Gasteiger partial charge in [0.05, 0.1) is 18.0 Å². The molecule has 0 bridgehead atoms. The lowest BCUT2D eigenvalue weighted by molar-refractivity contribution is 0.0862. The van der Waals surface area contributed by atoms with Gasteiger partial charge in [-0.2, -0.15) is 0 Å². The fraction of sp³-hybridized carbons (Fsp3) is 0.643. The fourth-order valence-electron chi connectivity index (χ4n) is 5.43. The van der Waals surface area contributed by atoms with Crippen molar-refractivity contribution in [3.05, 3.63) is 47.1 Å². The minimum absolute atomic E-state index is 0.208. The molecule has 3 N–H and O–H groups in total. The normalized spacial score (nSPS) is 33.1. The second-order valence-electron chi connectivity index (χ2n) is 9.89. The number of fused-ring (bicyclic) bond motifs is 1. The van der Waals surface area contributed by atoms with Crippen molar-refractivity contribution in [3.63, 3.8) is 0 Å². The quantitative estimate of drug-likeness (QED) is 0.287. The highest BCUT2D eigenvalue weighted by molar-refractivity contribution is 7.99. The van der Waals surface area contributed by atoms with Crippen LogP contribution in [0, 0.1) is 23.2 Å². The lowest BCUT2D eigenvalue weighted by atomic mass is 9.64. The van der Waals surface area contributed by atoms with E-state index in [1.54, 1.807) is 5.57 Å². The Hall–Kier alpha value is -1.25. The van der Waals surface area contributed by atoms with Gasteiger partial charge in [-0.25, -0.2) is 0 Å². The zero-order chi connectivity index (χ0) is 23.4. The highest BCUT2D eigenvalue weighted by atomic mass is 32.2. The standard InChI is InChI=1S/C28H40O3S/c1-5-28(31,6-2)15-8-16-32-19-23-12-13-25-21(9-7-14-27(23,25)4)10-11-22-17-24(29)18-26(30)20(22)3/h10-12,24-26,29-31H,3,5-7,9,13-14,16-19H2,1-2,4H3/t24-,25+,26+,27-/m1/s1. The van der Waals surface area contributed by atoms with E-state index in [1.165, 1.54) is 18.4 Å². The van der Waals surface area contributed by atoms with Crippen LogP contribution in [-0.2, 0) is 0 Å². The van der Waals surface area contributed by atoms with Crippen LogP contribution in [0.1, 0.15) is 72.1 Å². The average Bonchev–Trinajstić information content (AvgIpc) is 3.11. The molecule has 0 saturated heterocycles. The summed E-state index contributed by atoms with van der Waals surface area (Å²) in [5.41, 5.74) is 4.14. The van der Waals surface area contributed by atoms with E-state index in [-0.39, 0.29) is 5.41 Å². The third-order valence-corrected chi connectivity index (χ3v) is 8.76. The van der Waals surface area contributed by atoms with Gasteiger partial charge in [-0.3, -0.25) is 0 Å². The maximum Gasteiger partial charge on any atom is 0.125 e. The maximum atomic E-state index is 10.3. The minimum Gasteiger partial charge on any atom is -0.393 e. The van der Waals surface area contributed by atoms with E-state index in [0.717, 1.165) is 35.5 Å². The predicted octanol–water partition coefficient (Wildman–Crippen LogP) is 5.34. The number of hydrogen-bond donors (Lipinski definition) is 3. The lowest BCUT2D eigenvalue weighted by Crippen LogP contribution is -2.31. The van der Waals surface area contributed by atoms with Gasteiger partial charge in [0.15, 0.2) is 0 Å². The van der Waals surface area contributed by atoms with Crippen LogP contribution in [0.3, 0.4) is 0 Å². The van der Waals surface area contributed by atoms with Gasteiger partial charge in [-0.15, -0.1) is 11.8 Å². The molecule has 176 valence electrons. The summed E-state index contributed by atoms with van der Waals surface area (Å²) in [6.07, 6.45) is 12.6. The lowest BCUT2D eigenvalue weighted by Gasteiger charge is -2.41. The smallest absolute Gasteiger partial charge is 0.125 e. The Kier molecular flexibility index (Phi) is 8.55. The number of aliphatic hydroxyl groups is 3. The molecule has 0 spiro atoms. The van der Waals surface area contributed by atoms with Gasteiger partial charge in [0.1, 0.15) is 5.60 Å². The molecule has 3 nitrogen and oxygen atoms in total. The number of allylic oxidation sites excluding steroid dienone is 4. The van der Waals surface area contributed by atoms with Crippen molar-refractivity contribution >= 4 is 11.8 Å². The second kappa shape index (κ2) is 10.8. The molecule has 0 aliphatic heterocycles. The van der Waals surface area contributed by atoms with Crippen LogP contribution in [0.4, 0.5) is 0 Å². The van der Waals surface area contributed by atoms with Crippen molar-refractivity contribution in [1.82, 2.24) is 0 Å². The van der Waals surface area contributed by atoms with Gasteiger partial charge >= 0.3 is 0 Å². The Morgan fingerprint density at radius 3 is 2.75 bits per heavy atom. The molecule has 0 radical (unpaired) electrons. The molecule has 0 unspecified atom stereocenters. The predicted molar refractivity (Wildman–Crippen MR) is 135 cm³/mol. The molecule has 0 heterocycles.